The van der Waals surface area contributed by atoms with Gasteiger partial charge in [-0.05, 0) is 85.4 Å². The number of benzene rings is 3. The van der Waals surface area contributed by atoms with Crippen molar-refractivity contribution in [1.29, 1.82) is 0 Å². The van der Waals surface area contributed by atoms with E-state index in [2.05, 4.69) is 33.8 Å². The largest absolute Gasteiger partial charge is 0.487 e. The molecule has 0 fully saturated rings. The third-order valence-electron chi connectivity index (χ3n) is 6.34. The first-order valence-electron chi connectivity index (χ1n) is 13.0. The van der Waals surface area contributed by atoms with Gasteiger partial charge >= 0.3 is 0 Å². The molecule has 0 aliphatic carbocycles. The Hall–Kier alpha value is -3.59. The van der Waals surface area contributed by atoms with Gasteiger partial charge in [0.1, 0.15) is 41.8 Å². The van der Waals surface area contributed by atoms with Crippen LogP contribution in [0.3, 0.4) is 0 Å². The zero-order chi connectivity index (χ0) is 27.9. The molecule has 0 radical (unpaired) electrons. The van der Waals surface area contributed by atoms with E-state index in [0.717, 1.165) is 58.0 Å². The van der Waals surface area contributed by atoms with Gasteiger partial charge in [-0.3, -0.25) is 0 Å². The zero-order valence-electron chi connectivity index (χ0n) is 22.3. The topological polar surface area (TPSA) is 72.2 Å². The average Bonchev–Trinajstić information content (AvgIpc) is 3.45. The molecule has 0 saturated heterocycles. The smallest absolute Gasteiger partial charge is 0.141 e. The van der Waals surface area contributed by atoms with Crippen LogP contribution in [0.1, 0.15) is 30.7 Å². The third-order valence-corrected chi connectivity index (χ3v) is 7.30. The fourth-order valence-corrected chi connectivity index (χ4v) is 5.20. The first-order valence-corrected chi connectivity index (χ1v) is 14.8. The van der Waals surface area contributed by atoms with Gasteiger partial charge in [0.15, 0.2) is 0 Å². The molecule has 0 saturated carbocycles. The lowest BCUT2D eigenvalue weighted by atomic mass is 10.1. The molecule has 3 aromatic carbocycles. The lowest BCUT2D eigenvalue weighted by Gasteiger charge is -2.15. The molecule has 2 aromatic heterocycles. The lowest BCUT2D eigenvalue weighted by molar-refractivity contribution is 0.306. The summed E-state index contributed by atoms with van der Waals surface area (Å²) in [6, 6.07) is 21.9. The maximum absolute atomic E-state index is 13.5. The molecule has 6 nitrogen and oxygen atoms in total. The van der Waals surface area contributed by atoms with E-state index in [1.165, 1.54) is 18.5 Å². The van der Waals surface area contributed by atoms with Crippen molar-refractivity contribution in [2.75, 3.05) is 23.9 Å². The molecule has 0 bridgehead atoms. The Balaban J connectivity index is 1.35. The second-order valence-electron chi connectivity index (χ2n) is 9.31. The summed E-state index contributed by atoms with van der Waals surface area (Å²) in [6.07, 6.45) is 4.69. The number of aromatic nitrogens is 2. The lowest BCUT2D eigenvalue weighted by Crippen LogP contribution is -2.23. The van der Waals surface area contributed by atoms with Crippen molar-refractivity contribution in [3.63, 3.8) is 0 Å². The van der Waals surface area contributed by atoms with Gasteiger partial charge in [0.05, 0.1) is 16.6 Å². The van der Waals surface area contributed by atoms with E-state index in [9.17, 15) is 4.39 Å². The number of rotatable bonds is 12. The van der Waals surface area contributed by atoms with Crippen molar-refractivity contribution in [1.82, 2.24) is 15.3 Å². The Kier molecular flexibility index (Phi) is 9.21. The molecule has 5 aromatic rings. The van der Waals surface area contributed by atoms with Crippen molar-refractivity contribution in [2.45, 2.75) is 26.0 Å². The molecule has 2 N–H and O–H groups in total. The first kappa shape index (κ1) is 28.0. The summed E-state index contributed by atoms with van der Waals surface area (Å²) >= 11 is 8.30. The van der Waals surface area contributed by atoms with E-state index >= 15 is 0 Å². The van der Waals surface area contributed by atoms with Crippen LogP contribution in [-0.4, -0.2) is 28.5 Å². The molecule has 0 aliphatic heterocycles. The summed E-state index contributed by atoms with van der Waals surface area (Å²) < 4.78 is 25.6. The first-order chi connectivity index (χ1) is 19.5. The zero-order valence-corrected chi connectivity index (χ0v) is 23.9. The summed E-state index contributed by atoms with van der Waals surface area (Å²) in [5.74, 6) is 3.50. The normalized spacial score (nSPS) is 12.0. The maximum Gasteiger partial charge on any atom is 0.141 e. The van der Waals surface area contributed by atoms with E-state index in [4.69, 9.17) is 20.8 Å². The van der Waals surface area contributed by atoms with Crippen LogP contribution in [0.2, 0.25) is 5.02 Å². The van der Waals surface area contributed by atoms with Gasteiger partial charge in [0.25, 0.3) is 0 Å². The fraction of sp³-hybridized carbons (Fsp3) is 0.226. The standard InChI is InChI=1S/C31H30ClFN4O2S/c1-3-13-34-27(18-40-2)30-12-11-28(39-30)21-7-9-26-24(15-21)31(36-19-35-26)37-23-8-10-29(25(32)16-23)38-17-20-5-4-6-22(33)14-20/h4-12,14-16,19,27,34H,3,13,17-18H2,1-2H3,(H,35,36,37). The minimum absolute atomic E-state index is 0.162. The molecule has 0 amide bonds. The van der Waals surface area contributed by atoms with E-state index in [-0.39, 0.29) is 18.5 Å². The molecule has 206 valence electrons. The van der Waals surface area contributed by atoms with E-state index in [1.807, 2.05) is 36.4 Å². The van der Waals surface area contributed by atoms with Crippen LogP contribution >= 0.6 is 23.4 Å². The Labute approximate surface area is 242 Å². The van der Waals surface area contributed by atoms with Crippen LogP contribution in [-0.2, 0) is 6.61 Å². The van der Waals surface area contributed by atoms with Crippen LogP contribution < -0.4 is 15.4 Å². The predicted molar refractivity (Wildman–Crippen MR) is 162 cm³/mol. The Morgan fingerprint density at radius 3 is 2.75 bits per heavy atom. The number of hydrogen-bond donors (Lipinski definition) is 2. The second-order valence-corrected chi connectivity index (χ2v) is 10.6. The minimum atomic E-state index is -0.303. The van der Waals surface area contributed by atoms with Gasteiger partial charge in [-0.25, -0.2) is 14.4 Å². The Bertz CT molecular complexity index is 1600. The molecular formula is C31H30ClFN4O2S. The van der Waals surface area contributed by atoms with Gasteiger partial charge in [0.2, 0.25) is 0 Å². The number of furan rings is 1. The van der Waals surface area contributed by atoms with Crippen molar-refractivity contribution in [2.24, 2.45) is 0 Å². The number of halogens is 2. The van der Waals surface area contributed by atoms with E-state index in [1.54, 1.807) is 36.0 Å². The highest BCUT2D eigenvalue weighted by atomic mass is 35.5. The highest BCUT2D eigenvalue weighted by Crippen LogP contribution is 2.33. The summed E-state index contributed by atoms with van der Waals surface area (Å²) in [5.41, 5.74) is 3.21. The molecule has 1 unspecified atom stereocenters. The van der Waals surface area contributed by atoms with Gasteiger partial charge in [-0.15, -0.1) is 0 Å². The summed E-state index contributed by atoms with van der Waals surface area (Å²) in [7, 11) is 0. The second kappa shape index (κ2) is 13.2. The van der Waals surface area contributed by atoms with Crippen LogP contribution in [0.25, 0.3) is 22.2 Å². The predicted octanol–water partition coefficient (Wildman–Crippen LogP) is 8.41. The Morgan fingerprint density at radius 2 is 1.95 bits per heavy atom. The van der Waals surface area contributed by atoms with Crippen LogP contribution in [0, 0.1) is 5.82 Å². The van der Waals surface area contributed by atoms with Crippen molar-refractivity contribution in [3.05, 3.63) is 101 Å². The molecule has 9 heteroatoms. The highest BCUT2D eigenvalue weighted by Gasteiger charge is 2.16. The molecule has 5 rings (SSSR count). The number of anilines is 2. The number of hydrogen-bond acceptors (Lipinski definition) is 7. The average molecular weight is 577 g/mol. The van der Waals surface area contributed by atoms with Crippen LogP contribution in [0.15, 0.2) is 83.5 Å². The number of nitrogens with one attached hydrogen (secondary N) is 2. The van der Waals surface area contributed by atoms with Gasteiger partial charge < -0.3 is 19.8 Å². The molecule has 1 atom stereocenters. The molecule has 0 aliphatic rings. The van der Waals surface area contributed by atoms with Gasteiger partial charge in [-0.1, -0.05) is 30.7 Å². The van der Waals surface area contributed by atoms with E-state index in [0.29, 0.717) is 16.6 Å². The molecular weight excluding hydrogens is 547 g/mol. The Morgan fingerprint density at radius 1 is 1.05 bits per heavy atom. The number of ether oxygens (including phenoxy) is 1. The van der Waals surface area contributed by atoms with Crippen molar-refractivity contribution in [3.8, 4) is 17.1 Å². The minimum Gasteiger partial charge on any atom is -0.487 e. The fourth-order valence-electron chi connectivity index (χ4n) is 4.35. The summed E-state index contributed by atoms with van der Waals surface area (Å²) in [5, 5.41) is 8.20. The monoisotopic (exact) mass is 576 g/mol. The number of fused-ring (bicyclic) bond motifs is 1. The third kappa shape index (κ3) is 6.75. The SMILES string of the molecule is CCCNC(CSC)c1ccc(-c2ccc3ncnc(Nc4ccc(OCc5cccc(F)c5)c(Cl)c4)c3c2)o1. The quantitative estimate of drug-likeness (QED) is 0.154. The van der Waals surface area contributed by atoms with Crippen molar-refractivity contribution < 1.29 is 13.5 Å². The molecule has 2 heterocycles. The van der Waals surface area contributed by atoms with Gasteiger partial charge in [0, 0.05) is 22.4 Å². The number of nitrogens with zero attached hydrogens (tertiary/aromatic N) is 2. The van der Waals surface area contributed by atoms with Gasteiger partial charge in [-0.2, -0.15) is 11.8 Å². The molecule has 0 spiro atoms. The molecule has 40 heavy (non-hydrogen) atoms. The van der Waals surface area contributed by atoms with Crippen LogP contribution in [0.5, 0.6) is 5.75 Å². The summed E-state index contributed by atoms with van der Waals surface area (Å²) in [4.78, 5) is 8.92. The highest BCUT2D eigenvalue weighted by molar-refractivity contribution is 7.98. The van der Waals surface area contributed by atoms with Crippen molar-refractivity contribution >= 4 is 45.8 Å². The summed E-state index contributed by atoms with van der Waals surface area (Å²) in [6.45, 7) is 3.31. The van der Waals surface area contributed by atoms with Crippen LogP contribution in [0.4, 0.5) is 15.9 Å². The van der Waals surface area contributed by atoms with E-state index < -0.39 is 0 Å². The maximum atomic E-state index is 13.5. The number of thioether (sulfide) groups is 1.